The Hall–Kier alpha value is -7.64. The van der Waals surface area contributed by atoms with Gasteiger partial charge in [-0.3, -0.25) is 43.2 Å². The molecule has 0 aromatic heterocycles. The van der Waals surface area contributed by atoms with E-state index in [1.54, 1.807) is 42.5 Å². The number of aliphatic hydroxyl groups excluding tert-OH is 2. The lowest BCUT2D eigenvalue weighted by Gasteiger charge is -2.62. The number of carboxylic acid groups (broad SMARTS) is 1. The van der Waals surface area contributed by atoms with Crippen LogP contribution in [0.15, 0.2) is 54.6 Å². The molecule has 8 rings (SSSR count). The van der Waals surface area contributed by atoms with Gasteiger partial charge in [0.2, 0.25) is 53.2 Å². The number of hydrogen-bond donors (Lipinski definition) is 16. The molecule has 29 nitrogen and oxygen atoms in total. The van der Waals surface area contributed by atoms with E-state index in [0.717, 1.165) is 70.0 Å². The third kappa shape index (κ3) is 26.2. The number of fused-ring (bicyclic) bond motifs is 6. The van der Waals surface area contributed by atoms with Gasteiger partial charge in [0.1, 0.15) is 36.5 Å². The van der Waals surface area contributed by atoms with Gasteiger partial charge in [-0.2, -0.15) is 11.8 Å². The zero-order valence-corrected chi connectivity index (χ0v) is 65.7. The number of phenols is 1. The van der Waals surface area contributed by atoms with Crippen LogP contribution in [0.4, 0.5) is 4.79 Å². The number of nitrogens with two attached hydrogens (primary N) is 1. The van der Waals surface area contributed by atoms with Gasteiger partial charge in [0, 0.05) is 49.9 Å². The second-order valence-corrected chi connectivity index (χ2v) is 33.7. The zero-order valence-electron chi connectivity index (χ0n) is 64.9. The molecule has 6 aliphatic rings. The third-order valence-corrected chi connectivity index (χ3v) is 25.7. The Morgan fingerprint density at radius 1 is 0.600 bits per heavy atom. The molecule has 4 aliphatic carbocycles. The number of amides is 11. The molecule has 0 spiro atoms. The van der Waals surface area contributed by atoms with Crippen molar-refractivity contribution < 1.29 is 82.6 Å². The predicted octanol–water partition coefficient (Wildman–Crippen LogP) is 3.66. The summed E-state index contributed by atoms with van der Waals surface area (Å²) in [5.74, 6) is -2.74. The van der Waals surface area contributed by atoms with E-state index in [2.05, 4.69) is 79.3 Å². The molecule has 110 heavy (non-hydrogen) atoms. The molecule has 17 N–H and O–H groups in total. The van der Waals surface area contributed by atoms with E-state index < -0.39 is 103 Å². The molecule has 2 saturated heterocycles. The quantitative estimate of drug-likeness (QED) is 0.0332. The molecule has 2 aromatic rings. The summed E-state index contributed by atoms with van der Waals surface area (Å²) in [4.78, 5) is 144. The van der Waals surface area contributed by atoms with E-state index in [9.17, 15) is 73.2 Å². The summed E-state index contributed by atoms with van der Waals surface area (Å²) in [6.45, 7) is 10.1. The number of unbranched alkanes of at least 4 members (excludes halogenated alkanes) is 3. The van der Waals surface area contributed by atoms with Crippen molar-refractivity contribution in [2.75, 3.05) is 64.9 Å². The van der Waals surface area contributed by atoms with Crippen LogP contribution in [0.3, 0.4) is 0 Å². The van der Waals surface area contributed by atoms with Crippen LogP contribution in [0.5, 0.6) is 5.75 Å². The van der Waals surface area contributed by atoms with Crippen LogP contribution in [0, 0.1) is 52.3 Å². The van der Waals surface area contributed by atoms with Crippen LogP contribution in [-0.4, -0.2) is 210 Å². The predicted molar refractivity (Wildman–Crippen MR) is 414 cm³/mol. The van der Waals surface area contributed by atoms with Crippen LogP contribution in [0.1, 0.15) is 181 Å². The number of aliphatic carboxylic acids is 1. The number of carbonyl (C=O) groups is 11. The molecule has 2 unspecified atom stereocenters. The number of rotatable bonds is 46. The largest absolute Gasteiger partial charge is 0.508 e. The number of carbonyl (C=O) groups excluding carboxylic acids is 10. The normalized spacial score (nSPS) is 26.0. The van der Waals surface area contributed by atoms with Crippen molar-refractivity contribution in [2.24, 2.45) is 58.0 Å². The first-order valence-electron chi connectivity index (χ1n) is 40.2. The Morgan fingerprint density at radius 2 is 1.26 bits per heavy atom. The maximum atomic E-state index is 14.1. The molecular weight excluding hydrogens is 1430 g/mol. The number of ether oxygens (including phenoxy) is 2. The average Bonchev–Trinajstić information content (AvgIpc) is 1.42. The Bertz CT molecular complexity index is 3380. The van der Waals surface area contributed by atoms with Crippen molar-refractivity contribution in [3.05, 3.63) is 65.7 Å². The van der Waals surface area contributed by atoms with E-state index >= 15 is 0 Å². The molecular formula is C80H124N12O17S. The van der Waals surface area contributed by atoms with E-state index in [0.29, 0.717) is 91.0 Å². The molecule has 18 atom stereocenters. The van der Waals surface area contributed by atoms with Crippen molar-refractivity contribution in [2.45, 2.75) is 242 Å². The van der Waals surface area contributed by atoms with Gasteiger partial charge in [0.05, 0.1) is 63.2 Å². The van der Waals surface area contributed by atoms with Crippen LogP contribution in [-0.2, 0) is 70.3 Å². The number of hydrogen-bond acceptors (Lipinski definition) is 18. The maximum absolute atomic E-state index is 14.1. The number of carboxylic acids is 1. The topological polar surface area (TPSA) is 445 Å². The molecule has 2 aliphatic heterocycles. The lowest BCUT2D eigenvalue weighted by Crippen LogP contribution is -2.58. The Morgan fingerprint density at radius 3 is 2.00 bits per heavy atom. The molecule has 11 amide bonds. The molecule has 2 aromatic carbocycles. The highest BCUT2D eigenvalue weighted by molar-refractivity contribution is 8.00. The van der Waals surface area contributed by atoms with E-state index in [1.165, 1.54) is 12.1 Å². The summed E-state index contributed by atoms with van der Waals surface area (Å²) in [6.07, 6.45) is 12.9. The highest BCUT2D eigenvalue weighted by Crippen LogP contribution is 2.68. The number of benzene rings is 2. The molecule has 0 bridgehead atoms. The van der Waals surface area contributed by atoms with Gasteiger partial charge in [0.15, 0.2) is 0 Å². The molecule has 612 valence electrons. The van der Waals surface area contributed by atoms with Crippen molar-refractivity contribution >= 4 is 76.9 Å². The van der Waals surface area contributed by atoms with Gasteiger partial charge in [-0.25, -0.2) is 9.59 Å². The summed E-state index contributed by atoms with van der Waals surface area (Å²) < 4.78 is 11.3. The molecule has 6 fully saturated rings. The summed E-state index contributed by atoms with van der Waals surface area (Å²) in [7, 11) is 0. The molecule has 2 heterocycles. The van der Waals surface area contributed by atoms with E-state index in [1.807, 2.05) is 25.6 Å². The second-order valence-electron chi connectivity index (χ2n) is 32.4. The average molecular weight is 1560 g/mol. The summed E-state index contributed by atoms with van der Waals surface area (Å²) in [6, 6.07) is 9.26. The van der Waals surface area contributed by atoms with Crippen LogP contribution in [0.25, 0.3) is 0 Å². The smallest absolute Gasteiger partial charge is 0.326 e. The SMILES string of the molecule is CC(C)CC(NC(=O)[C@H](Cc1ccccc1)NC(=O)CNC(=O)CNC(=O)[C@@H](N)Cc1ccc(O)cc1)C(=O)NCCCC[C@H](NC(=O)COCCOCCNC(=O)CC[C@H](C)[C@H]1CC[C@H]2[C@@H]3CC[C@@H]4C[C@H](O)CC[C@]4(C)[C@H]3C[C@H](O)[C@]12C)C(=O)NC(CCCCNC(=O)CCCC[C@@H]1SC[C@@H]2NC(=O)N[C@@H]21)C(=O)O. The summed E-state index contributed by atoms with van der Waals surface area (Å²) in [5.41, 5.74) is 7.38. The van der Waals surface area contributed by atoms with Crippen molar-refractivity contribution in [3.63, 3.8) is 0 Å². The fourth-order valence-corrected chi connectivity index (χ4v) is 19.7. The van der Waals surface area contributed by atoms with Crippen LogP contribution in [0.2, 0.25) is 0 Å². The van der Waals surface area contributed by atoms with Crippen molar-refractivity contribution in [1.29, 1.82) is 0 Å². The summed E-state index contributed by atoms with van der Waals surface area (Å²) in [5, 5.41) is 72.8. The first kappa shape index (κ1) is 87.9. The standard InChI is InChI=1S/C80H124N12O17S/c1-48(2)39-62(90-76(104)63(41-50-15-7-6-8-16-50)88-70(99)45-85-69(98)44-86-73(101)59(81)40-51-22-25-53(93)26-23-51)74(102)84-34-14-11-17-60(75(103)89-61(77(105)106)18-12-13-33-82-67(96)20-10-9-19-65-72-64(47-110-65)91-78(107)92-72)87-71(100)46-109-38-37-108-36-35-83-68(97)30-21-49(3)56-28-29-57-55-27-24-52-42-54(94)31-32-79(52,4)58(55)43-66(95)80(56,57)5/h6-8,15-16,22-23,25-26,48-49,52,54-66,72,93-95H,9-14,17-21,24,27-47,81H2,1-5H3,(H,82,96)(H,83,97)(H,84,102)(H,85,98)(H,86,101)(H,87,100)(H,88,99)(H,89,103)(H,90,104)(H,105,106)(H2,91,92,107)/t49-,52+,54+,55-,56+,57-,58-,59-,60-,61?,62?,63-,64-,65-,66-,72-,79-,80+/m0/s1. The summed E-state index contributed by atoms with van der Waals surface area (Å²) >= 11 is 1.82. The monoisotopic (exact) mass is 1560 g/mol. The van der Waals surface area contributed by atoms with Gasteiger partial charge >= 0.3 is 12.0 Å². The maximum Gasteiger partial charge on any atom is 0.326 e. The number of aliphatic hydroxyl groups is 2. The molecule has 30 heteroatoms. The van der Waals surface area contributed by atoms with Gasteiger partial charge in [-0.05, 0) is 198 Å². The molecule has 4 saturated carbocycles. The third-order valence-electron chi connectivity index (χ3n) is 24.2. The van der Waals surface area contributed by atoms with Crippen LogP contribution < -0.4 is 64.2 Å². The Balaban J connectivity index is 0.766. The number of thioether (sulfide) groups is 1. The zero-order chi connectivity index (χ0) is 79.5. The lowest BCUT2D eigenvalue weighted by molar-refractivity contribution is -0.175. The van der Waals surface area contributed by atoms with Gasteiger partial charge in [0.25, 0.3) is 0 Å². The van der Waals surface area contributed by atoms with Crippen LogP contribution >= 0.6 is 11.8 Å². The van der Waals surface area contributed by atoms with Gasteiger partial charge in [-0.15, -0.1) is 0 Å². The van der Waals surface area contributed by atoms with Crippen molar-refractivity contribution in [3.8, 4) is 5.75 Å². The van der Waals surface area contributed by atoms with Crippen molar-refractivity contribution in [1.82, 2.24) is 58.5 Å². The van der Waals surface area contributed by atoms with Gasteiger partial charge in [-0.1, -0.05) is 83.5 Å². The van der Waals surface area contributed by atoms with Gasteiger partial charge < -0.3 is 94.1 Å². The fourth-order valence-electron chi connectivity index (χ4n) is 18.2. The number of urea groups is 1. The van der Waals surface area contributed by atoms with E-state index in [4.69, 9.17) is 15.2 Å². The Labute approximate surface area is 651 Å². The Kier molecular flexibility index (Phi) is 34.7. The first-order chi connectivity index (χ1) is 52.6. The fraction of sp³-hybridized carbons (Fsp3) is 0.713. The van der Waals surface area contributed by atoms with E-state index in [-0.39, 0.29) is 142 Å². The number of phenolic OH excluding ortho intramolecular Hbond substituents is 1. The highest BCUT2D eigenvalue weighted by Gasteiger charge is 2.64. The minimum atomic E-state index is -1.33. The number of nitrogens with one attached hydrogen (secondary N) is 11. The first-order valence-corrected chi connectivity index (χ1v) is 41.2. The minimum absolute atomic E-state index is 0.00106. The second kappa shape index (κ2) is 43.4. The molecule has 0 radical (unpaired) electrons. The number of aromatic hydroxyl groups is 1. The highest BCUT2D eigenvalue weighted by atomic mass is 32.2. The lowest BCUT2D eigenvalue weighted by atomic mass is 9.43. The minimum Gasteiger partial charge on any atom is -0.508 e.